The molecule has 4 rings (SSSR count). The Kier molecular flexibility index (Phi) is 6.65. The van der Waals surface area contributed by atoms with E-state index in [1.165, 1.54) is 6.08 Å². The number of thiazole rings is 1. The summed E-state index contributed by atoms with van der Waals surface area (Å²) in [6, 6.07) is 26.1. The number of carbonyl (C=O) groups excluding carboxylic acids is 1. The molecule has 0 saturated heterocycles. The second-order valence-electron chi connectivity index (χ2n) is 6.87. The van der Waals surface area contributed by atoms with Crippen molar-refractivity contribution in [1.82, 2.24) is 10.3 Å². The first-order valence-corrected chi connectivity index (χ1v) is 10.6. The number of hydrogen-bond acceptors (Lipinski definition) is 4. The molecule has 3 aromatic carbocycles. The van der Waals surface area contributed by atoms with Gasteiger partial charge in [0.1, 0.15) is 5.01 Å². The minimum atomic E-state index is -0.139. The van der Waals surface area contributed by atoms with E-state index in [1.54, 1.807) is 17.4 Å². The van der Waals surface area contributed by atoms with E-state index < -0.39 is 0 Å². The number of carbonyl (C=O) groups is 1. The number of benzene rings is 3. The molecule has 150 valence electrons. The molecule has 0 atom stereocenters. The number of rotatable bonds is 8. The molecule has 1 N–H and O–H groups in total. The van der Waals surface area contributed by atoms with Gasteiger partial charge in [-0.2, -0.15) is 0 Å². The van der Waals surface area contributed by atoms with Crippen LogP contribution < -0.4 is 5.32 Å². The summed E-state index contributed by atoms with van der Waals surface area (Å²) in [6.45, 7) is 1.59. The number of amides is 1. The number of aromatic nitrogens is 1. The Morgan fingerprint density at radius 3 is 2.50 bits per heavy atom. The number of nitrogens with one attached hydrogen (secondary N) is 1. The fraction of sp³-hybridized carbons (Fsp3) is 0.120. The molecule has 0 fully saturated rings. The number of fused-ring (bicyclic) bond motifs is 1. The average molecular weight is 415 g/mol. The SMILES string of the molecule is O=C(/C=C/c1nc2ccccc2s1)NCc1cccc(COCc2ccccc2)c1. The molecule has 0 unspecified atom stereocenters. The van der Waals surface area contributed by atoms with E-state index in [-0.39, 0.29) is 5.91 Å². The van der Waals surface area contributed by atoms with Crippen LogP contribution in [0.15, 0.2) is 84.9 Å². The minimum Gasteiger partial charge on any atom is -0.372 e. The van der Waals surface area contributed by atoms with Crippen LogP contribution in [0.1, 0.15) is 21.7 Å². The van der Waals surface area contributed by atoms with Crippen molar-refractivity contribution in [3.63, 3.8) is 0 Å². The third-order valence-corrected chi connectivity index (χ3v) is 5.53. The molecule has 0 aliphatic heterocycles. The standard InChI is InChI=1S/C25H22N2O2S/c28-24(13-14-25-27-22-11-4-5-12-23(22)30-25)26-16-20-9-6-10-21(15-20)18-29-17-19-7-2-1-3-8-19/h1-15H,16-18H2,(H,26,28)/b14-13+. The molecule has 5 heteroatoms. The van der Waals surface area contributed by atoms with Gasteiger partial charge in [0.25, 0.3) is 0 Å². The van der Waals surface area contributed by atoms with Gasteiger partial charge in [-0.3, -0.25) is 4.79 Å². The number of para-hydroxylation sites is 1. The molecule has 30 heavy (non-hydrogen) atoms. The summed E-state index contributed by atoms with van der Waals surface area (Å²) in [4.78, 5) is 16.7. The van der Waals surface area contributed by atoms with Gasteiger partial charge in [0.05, 0.1) is 23.4 Å². The van der Waals surface area contributed by atoms with Crippen LogP contribution in [-0.4, -0.2) is 10.9 Å². The van der Waals surface area contributed by atoms with Gasteiger partial charge in [-0.05, 0) is 34.9 Å². The summed E-state index contributed by atoms with van der Waals surface area (Å²) in [5, 5.41) is 3.75. The third kappa shape index (κ3) is 5.63. The molecule has 1 aromatic heterocycles. The minimum absolute atomic E-state index is 0.139. The van der Waals surface area contributed by atoms with Crippen LogP contribution in [0.3, 0.4) is 0 Å². The van der Waals surface area contributed by atoms with Gasteiger partial charge >= 0.3 is 0 Å². The van der Waals surface area contributed by atoms with E-state index in [0.717, 1.165) is 31.9 Å². The van der Waals surface area contributed by atoms with Crippen LogP contribution in [0.5, 0.6) is 0 Å². The smallest absolute Gasteiger partial charge is 0.244 e. The number of nitrogens with zero attached hydrogens (tertiary/aromatic N) is 1. The molecule has 4 nitrogen and oxygen atoms in total. The Hall–Kier alpha value is -3.28. The van der Waals surface area contributed by atoms with Crippen LogP contribution in [0.25, 0.3) is 16.3 Å². The highest BCUT2D eigenvalue weighted by Gasteiger charge is 2.02. The van der Waals surface area contributed by atoms with Crippen LogP contribution in [0.2, 0.25) is 0 Å². The van der Waals surface area contributed by atoms with Crippen molar-refractivity contribution in [2.24, 2.45) is 0 Å². The molecule has 4 aromatic rings. The van der Waals surface area contributed by atoms with E-state index in [9.17, 15) is 4.79 Å². The first-order chi connectivity index (χ1) is 14.8. The molecular weight excluding hydrogens is 392 g/mol. The van der Waals surface area contributed by atoms with Crippen molar-refractivity contribution in [1.29, 1.82) is 0 Å². The first-order valence-electron chi connectivity index (χ1n) is 9.77. The van der Waals surface area contributed by atoms with Crippen LogP contribution in [-0.2, 0) is 29.3 Å². The molecule has 0 spiro atoms. The zero-order chi connectivity index (χ0) is 20.6. The molecule has 0 aliphatic rings. The van der Waals surface area contributed by atoms with Gasteiger partial charge < -0.3 is 10.1 Å². The van der Waals surface area contributed by atoms with Crippen molar-refractivity contribution in [2.75, 3.05) is 0 Å². The monoisotopic (exact) mass is 414 g/mol. The highest BCUT2D eigenvalue weighted by Crippen LogP contribution is 2.22. The van der Waals surface area contributed by atoms with Crippen molar-refractivity contribution >= 4 is 33.5 Å². The average Bonchev–Trinajstić information content (AvgIpc) is 3.20. The Labute approximate surface area is 179 Å². The third-order valence-electron chi connectivity index (χ3n) is 4.53. The van der Waals surface area contributed by atoms with E-state index >= 15 is 0 Å². The first kappa shape index (κ1) is 20.0. The molecule has 0 saturated carbocycles. The van der Waals surface area contributed by atoms with Crippen molar-refractivity contribution in [2.45, 2.75) is 19.8 Å². The highest BCUT2D eigenvalue weighted by atomic mass is 32.1. The molecule has 0 bridgehead atoms. The van der Waals surface area contributed by atoms with Crippen molar-refractivity contribution < 1.29 is 9.53 Å². The fourth-order valence-electron chi connectivity index (χ4n) is 3.05. The molecule has 1 amide bonds. The van der Waals surface area contributed by atoms with Crippen LogP contribution in [0.4, 0.5) is 0 Å². The molecular formula is C25H22N2O2S. The van der Waals surface area contributed by atoms with E-state index in [4.69, 9.17) is 4.74 Å². The van der Waals surface area contributed by atoms with Gasteiger partial charge in [0.15, 0.2) is 0 Å². The predicted octanol–water partition coefficient (Wildman–Crippen LogP) is 5.34. The normalized spacial score (nSPS) is 11.2. The Balaban J connectivity index is 1.26. The van der Waals surface area contributed by atoms with Gasteiger partial charge in [-0.1, -0.05) is 66.7 Å². The summed E-state index contributed by atoms with van der Waals surface area (Å²) >= 11 is 1.57. The summed E-state index contributed by atoms with van der Waals surface area (Å²) < 4.78 is 6.91. The van der Waals surface area contributed by atoms with Gasteiger partial charge in [0.2, 0.25) is 5.91 Å². The quantitative estimate of drug-likeness (QED) is 0.396. The summed E-state index contributed by atoms with van der Waals surface area (Å²) in [5.74, 6) is -0.139. The van der Waals surface area contributed by atoms with E-state index in [2.05, 4.69) is 16.4 Å². The maximum absolute atomic E-state index is 12.2. The van der Waals surface area contributed by atoms with Gasteiger partial charge in [-0.25, -0.2) is 4.98 Å². The molecule has 1 heterocycles. The van der Waals surface area contributed by atoms with E-state index in [1.807, 2.05) is 72.8 Å². The second kappa shape index (κ2) is 9.96. The summed E-state index contributed by atoms with van der Waals surface area (Å²) in [6.07, 6.45) is 3.29. The lowest BCUT2D eigenvalue weighted by Crippen LogP contribution is -2.20. The highest BCUT2D eigenvalue weighted by molar-refractivity contribution is 7.19. The number of hydrogen-bond donors (Lipinski definition) is 1. The maximum atomic E-state index is 12.2. The van der Waals surface area contributed by atoms with Crippen LogP contribution in [0, 0.1) is 0 Å². The van der Waals surface area contributed by atoms with Crippen molar-refractivity contribution in [3.05, 3.63) is 107 Å². The Morgan fingerprint density at radius 2 is 1.63 bits per heavy atom. The predicted molar refractivity (Wildman–Crippen MR) is 122 cm³/mol. The van der Waals surface area contributed by atoms with Crippen LogP contribution >= 0.6 is 11.3 Å². The Morgan fingerprint density at radius 1 is 0.900 bits per heavy atom. The largest absolute Gasteiger partial charge is 0.372 e. The lowest BCUT2D eigenvalue weighted by Gasteiger charge is -2.07. The zero-order valence-corrected chi connectivity index (χ0v) is 17.3. The van der Waals surface area contributed by atoms with E-state index in [0.29, 0.717) is 19.8 Å². The zero-order valence-electron chi connectivity index (χ0n) is 16.5. The molecule has 0 aliphatic carbocycles. The lowest BCUT2D eigenvalue weighted by molar-refractivity contribution is -0.116. The van der Waals surface area contributed by atoms with Crippen molar-refractivity contribution in [3.8, 4) is 0 Å². The maximum Gasteiger partial charge on any atom is 0.244 e. The topological polar surface area (TPSA) is 51.2 Å². The Bertz CT molecular complexity index is 1120. The second-order valence-corrected chi connectivity index (χ2v) is 7.93. The molecule has 0 radical (unpaired) electrons. The summed E-state index contributed by atoms with van der Waals surface area (Å²) in [7, 11) is 0. The number of ether oxygens (including phenoxy) is 1. The fourth-order valence-corrected chi connectivity index (χ4v) is 3.92. The van der Waals surface area contributed by atoms with Gasteiger partial charge in [-0.15, -0.1) is 11.3 Å². The summed E-state index contributed by atoms with van der Waals surface area (Å²) in [5.41, 5.74) is 4.23. The lowest BCUT2D eigenvalue weighted by atomic mass is 10.1. The van der Waals surface area contributed by atoms with Gasteiger partial charge in [0, 0.05) is 12.6 Å².